The summed E-state index contributed by atoms with van der Waals surface area (Å²) in [6.07, 6.45) is 5.50. The summed E-state index contributed by atoms with van der Waals surface area (Å²) in [6.45, 7) is 15.0. The Bertz CT molecular complexity index is 2310. The number of allylic oxidation sites excluding steroid dienone is 1. The van der Waals surface area contributed by atoms with Crippen LogP contribution in [0.25, 0.3) is 33.2 Å². The van der Waals surface area contributed by atoms with E-state index in [-0.39, 0.29) is 48.1 Å². The van der Waals surface area contributed by atoms with Crippen molar-refractivity contribution in [3.05, 3.63) is 68.8 Å². The lowest BCUT2D eigenvalue weighted by Gasteiger charge is -2.19. The first-order valence-electron chi connectivity index (χ1n) is 21.4. The Hall–Kier alpha value is -5.34. The number of rotatable bonds is 20. The van der Waals surface area contributed by atoms with Crippen molar-refractivity contribution in [3.63, 3.8) is 0 Å². The van der Waals surface area contributed by atoms with Gasteiger partial charge in [0.1, 0.15) is 6.04 Å². The first kappa shape index (κ1) is 45.7. The molecular formula is C46H62N6O8. The molecule has 0 spiro atoms. The number of carboxylic acid groups (broad SMARTS) is 3. The maximum Gasteiger partial charge on any atom is 0.338 e. The normalized spacial score (nSPS) is 16.2. The molecule has 3 aromatic heterocycles. The topological polar surface area (TPSA) is 234 Å². The third kappa shape index (κ3) is 10.2. The quantitative estimate of drug-likeness (QED) is 0.0537. The minimum atomic E-state index is -1.25. The zero-order valence-corrected chi connectivity index (χ0v) is 36.1. The van der Waals surface area contributed by atoms with Gasteiger partial charge in [-0.05, 0) is 113 Å². The molecule has 8 N–H and O–H groups in total. The Morgan fingerprint density at radius 1 is 0.883 bits per heavy atom. The van der Waals surface area contributed by atoms with Gasteiger partial charge in [-0.15, -0.1) is 0 Å². The minimum Gasteiger partial charge on any atom is -0.481 e. The molecule has 5 heterocycles. The number of unbranched alkanes of at least 4 members (excludes halogenated alkanes) is 4. The van der Waals surface area contributed by atoms with Crippen molar-refractivity contribution < 1.29 is 39.2 Å². The largest absolute Gasteiger partial charge is 0.481 e. The van der Waals surface area contributed by atoms with Gasteiger partial charge in [-0.25, -0.2) is 14.6 Å². The van der Waals surface area contributed by atoms with E-state index in [4.69, 9.17) is 20.4 Å². The highest BCUT2D eigenvalue weighted by Crippen LogP contribution is 2.44. The van der Waals surface area contributed by atoms with E-state index >= 15 is 0 Å². The van der Waals surface area contributed by atoms with Gasteiger partial charge in [0.05, 0.1) is 35.2 Å². The Morgan fingerprint density at radius 2 is 1.60 bits per heavy atom. The van der Waals surface area contributed by atoms with E-state index in [0.717, 1.165) is 70.0 Å². The second kappa shape index (κ2) is 20.3. The molecule has 4 atom stereocenters. The number of ether oxygens (including phenoxy) is 1. The van der Waals surface area contributed by atoms with Crippen molar-refractivity contribution in [1.82, 2.24) is 25.3 Å². The fourth-order valence-electron chi connectivity index (χ4n) is 8.66. The molecule has 14 nitrogen and oxygen atoms in total. The van der Waals surface area contributed by atoms with E-state index in [1.165, 1.54) is 0 Å². The van der Waals surface area contributed by atoms with Crippen LogP contribution >= 0.6 is 0 Å². The molecule has 0 aromatic carbocycles. The number of H-pyrrole nitrogens is 2. The molecule has 3 aromatic rings. The van der Waals surface area contributed by atoms with Gasteiger partial charge < -0.3 is 41.1 Å². The van der Waals surface area contributed by atoms with Crippen molar-refractivity contribution in [2.45, 2.75) is 143 Å². The summed E-state index contributed by atoms with van der Waals surface area (Å²) < 4.78 is 6.45. The number of nitrogens with two attached hydrogens (primary N) is 1. The maximum absolute atomic E-state index is 14.0. The molecular weight excluding hydrogens is 765 g/mol. The van der Waals surface area contributed by atoms with Crippen LogP contribution in [-0.2, 0) is 36.8 Å². The van der Waals surface area contributed by atoms with Crippen LogP contribution < -0.4 is 11.1 Å². The number of carboxylic acids is 3. The van der Waals surface area contributed by atoms with E-state index < -0.39 is 42.2 Å². The molecule has 0 saturated heterocycles. The molecule has 2 aliphatic rings. The molecule has 0 aliphatic carbocycles. The molecule has 1 amide bonds. The van der Waals surface area contributed by atoms with E-state index in [1.54, 1.807) is 6.92 Å². The second-order valence-corrected chi connectivity index (χ2v) is 16.2. The summed E-state index contributed by atoms with van der Waals surface area (Å²) in [5.74, 6) is -5.01. The van der Waals surface area contributed by atoms with Gasteiger partial charge >= 0.3 is 17.9 Å². The molecule has 60 heavy (non-hydrogen) atoms. The van der Waals surface area contributed by atoms with Crippen LogP contribution in [0.5, 0.6) is 0 Å². The summed E-state index contributed by atoms with van der Waals surface area (Å²) in [5, 5.41) is 33.3. The van der Waals surface area contributed by atoms with Crippen molar-refractivity contribution in [2.24, 2.45) is 5.73 Å². The van der Waals surface area contributed by atoms with Crippen LogP contribution in [0.1, 0.15) is 161 Å². The van der Waals surface area contributed by atoms with E-state index in [0.29, 0.717) is 55.1 Å². The smallest absolute Gasteiger partial charge is 0.338 e. The van der Waals surface area contributed by atoms with Gasteiger partial charge in [-0.2, -0.15) is 0 Å². The van der Waals surface area contributed by atoms with Gasteiger partial charge in [-0.1, -0.05) is 40.0 Å². The predicted molar refractivity (Wildman–Crippen MR) is 233 cm³/mol. The lowest BCUT2D eigenvalue weighted by Crippen LogP contribution is -2.41. The zero-order chi connectivity index (χ0) is 43.8. The van der Waals surface area contributed by atoms with Crippen molar-refractivity contribution >= 4 is 57.0 Å². The van der Waals surface area contributed by atoms with Crippen LogP contribution in [0.15, 0.2) is 18.2 Å². The fourth-order valence-corrected chi connectivity index (χ4v) is 8.66. The highest BCUT2D eigenvalue weighted by atomic mass is 16.5. The third-order valence-corrected chi connectivity index (χ3v) is 12.1. The summed E-state index contributed by atoms with van der Waals surface area (Å²) in [5.41, 5.74) is 14.8. The number of amides is 1. The first-order chi connectivity index (χ1) is 28.6. The average Bonchev–Trinajstić information content (AvgIpc) is 3.88. The molecule has 324 valence electrons. The Balaban J connectivity index is 1.87. The Morgan fingerprint density at radius 3 is 2.25 bits per heavy atom. The molecule has 1 unspecified atom stereocenters. The number of nitrogens with one attached hydrogen (secondary N) is 3. The number of nitrogens with zero attached hydrogens (tertiary/aromatic N) is 2. The first-order valence-corrected chi connectivity index (χ1v) is 21.4. The minimum absolute atomic E-state index is 0.0367. The predicted octanol–water partition coefficient (Wildman–Crippen LogP) is 8.16. The zero-order valence-electron chi connectivity index (χ0n) is 36.1. The number of carbonyl (C=O) groups is 4. The number of carbonyl (C=O) groups excluding carboxylic acids is 1. The highest BCUT2D eigenvalue weighted by Gasteiger charge is 2.36. The lowest BCUT2D eigenvalue weighted by molar-refractivity contribution is -0.142. The number of hydrogen-bond donors (Lipinski definition) is 7. The monoisotopic (exact) mass is 826 g/mol. The number of aromatic amines is 2. The molecule has 14 heteroatoms. The summed E-state index contributed by atoms with van der Waals surface area (Å²) in [6, 6.07) is 4.66. The SMILES string of the molecule is CCCCCCOC(C)c1c(C)c2cc3nc(c(CC(=O)N[C@@H](CCCCN)C(=O)O)c4nc(cc5[nH]c(cc1[nH]2)c(C)c5CC)C(C)=C4C(=O)O)[C@@H](CCC(=O)O)[C@@H]3C. The van der Waals surface area contributed by atoms with Gasteiger partial charge in [0.15, 0.2) is 0 Å². The standard InChI is InChI=1S/C46H62N6O8/c1-8-10-11-14-19-60-28(7)41-26(5)35-21-34-25(4)30(16-17-40(54)55)43(51-34)31(20-39(53)50-32(45(56)57)15-12-13-18-47)44-42(46(58)59)27(6)36(52-44)22-37-29(9-2)24(3)33(48-37)23-38(41)49-35/h21-23,25,28,30,32,48-49H,8-20,47H2,1-7H3,(H,50,53)(H,54,55)(H,56,57)(H,58,59)/t25-,28?,30-,32-/m0/s1. The van der Waals surface area contributed by atoms with E-state index in [9.17, 15) is 34.5 Å². The number of aliphatic carboxylic acids is 3. The number of aryl methyl sites for hydroxylation is 3. The fraction of sp³-hybridized carbons (Fsp3) is 0.522. The van der Waals surface area contributed by atoms with Crippen LogP contribution in [0, 0.1) is 13.8 Å². The van der Waals surface area contributed by atoms with Gasteiger partial charge in [0.2, 0.25) is 5.91 Å². The lowest BCUT2D eigenvalue weighted by atomic mass is 9.84. The van der Waals surface area contributed by atoms with Gasteiger partial charge in [0.25, 0.3) is 0 Å². The Kier molecular flexibility index (Phi) is 15.5. The highest BCUT2D eigenvalue weighted by molar-refractivity contribution is 6.24. The summed E-state index contributed by atoms with van der Waals surface area (Å²) in [4.78, 5) is 68.8. The average molecular weight is 827 g/mol. The third-order valence-electron chi connectivity index (χ3n) is 12.1. The molecule has 8 bridgehead atoms. The van der Waals surface area contributed by atoms with Gasteiger partial charge in [0, 0.05) is 63.8 Å². The van der Waals surface area contributed by atoms with Crippen LogP contribution in [0.4, 0.5) is 0 Å². The molecule has 5 rings (SSSR count). The number of fused-ring (bicyclic) bond motifs is 8. The van der Waals surface area contributed by atoms with Gasteiger partial charge in [-0.3, -0.25) is 14.6 Å². The summed E-state index contributed by atoms with van der Waals surface area (Å²) >= 11 is 0. The van der Waals surface area contributed by atoms with E-state index in [2.05, 4.69) is 49.0 Å². The number of aromatic nitrogens is 4. The molecule has 0 radical (unpaired) electrons. The van der Waals surface area contributed by atoms with Crippen molar-refractivity contribution in [1.29, 1.82) is 0 Å². The Labute approximate surface area is 351 Å². The summed E-state index contributed by atoms with van der Waals surface area (Å²) in [7, 11) is 0. The van der Waals surface area contributed by atoms with Crippen LogP contribution in [-0.4, -0.2) is 78.3 Å². The van der Waals surface area contributed by atoms with Crippen molar-refractivity contribution in [3.8, 4) is 0 Å². The second-order valence-electron chi connectivity index (χ2n) is 16.2. The van der Waals surface area contributed by atoms with E-state index in [1.807, 2.05) is 26.0 Å². The maximum atomic E-state index is 14.0. The molecule has 0 saturated carbocycles. The van der Waals surface area contributed by atoms with Crippen LogP contribution in [0.3, 0.4) is 0 Å². The molecule has 0 fully saturated rings. The molecule has 2 aliphatic heterocycles. The van der Waals surface area contributed by atoms with Crippen LogP contribution in [0.2, 0.25) is 0 Å². The number of hydrogen-bond acceptors (Lipinski definition) is 8. The van der Waals surface area contributed by atoms with Crippen molar-refractivity contribution in [2.75, 3.05) is 13.2 Å².